The van der Waals surface area contributed by atoms with Crippen LogP contribution < -0.4 is 10.9 Å². The molecule has 0 spiro atoms. The maximum absolute atomic E-state index is 12.2. The van der Waals surface area contributed by atoms with Gasteiger partial charge in [-0.15, -0.1) is 0 Å². The molecule has 3 N–H and O–H groups in total. The van der Waals surface area contributed by atoms with E-state index in [4.69, 9.17) is 0 Å². The number of aromatic amines is 1. The van der Waals surface area contributed by atoms with Gasteiger partial charge in [-0.25, -0.2) is 4.98 Å². The second kappa shape index (κ2) is 6.85. The molecular formula is C15H23N3O3. The molecular weight excluding hydrogens is 270 g/mol. The molecule has 1 aliphatic carbocycles. The Morgan fingerprint density at radius 2 is 2.10 bits per heavy atom. The minimum Gasteiger partial charge on any atom is -0.396 e. The fraction of sp³-hybridized carbons (Fsp3) is 0.667. The van der Waals surface area contributed by atoms with Crippen molar-refractivity contribution in [3.05, 3.63) is 27.4 Å². The molecule has 1 fully saturated rings. The van der Waals surface area contributed by atoms with E-state index < -0.39 is 0 Å². The normalized spacial score (nSPS) is 22.0. The molecule has 0 aromatic carbocycles. The first-order valence-electron chi connectivity index (χ1n) is 7.48. The van der Waals surface area contributed by atoms with E-state index in [-0.39, 0.29) is 36.5 Å². The maximum atomic E-state index is 12.2. The highest BCUT2D eigenvalue weighted by Gasteiger charge is 2.26. The highest BCUT2D eigenvalue weighted by Crippen LogP contribution is 2.23. The summed E-state index contributed by atoms with van der Waals surface area (Å²) in [6, 6.07) is 0.00838. The summed E-state index contributed by atoms with van der Waals surface area (Å²) in [7, 11) is 0. The van der Waals surface area contributed by atoms with E-state index in [1.807, 2.05) is 0 Å². The first-order chi connectivity index (χ1) is 10.0. The average Bonchev–Trinajstić information content (AvgIpc) is 2.43. The molecule has 116 valence electrons. The second-order valence-electron chi connectivity index (χ2n) is 5.79. The number of rotatable bonds is 4. The molecule has 0 saturated heterocycles. The fourth-order valence-corrected chi connectivity index (χ4v) is 2.99. The lowest BCUT2D eigenvalue weighted by atomic mass is 9.85. The molecule has 1 heterocycles. The molecule has 6 heteroatoms. The van der Waals surface area contributed by atoms with Gasteiger partial charge in [0.25, 0.3) is 5.56 Å². The Balaban J connectivity index is 2.03. The number of H-pyrrole nitrogens is 1. The molecule has 0 bridgehead atoms. The Morgan fingerprint density at radius 1 is 1.38 bits per heavy atom. The first-order valence-corrected chi connectivity index (χ1v) is 7.48. The number of amides is 1. The SMILES string of the molecule is Cc1nc(C)c(CC(=O)NC2CCCCC2CO)c(=O)[nH]1. The smallest absolute Gasteiger partial charge is 0.254 e. The predicted octanol–water partition coefficient (Wildman–Crippen LogP) is 0.597. The number of hydrogen-bond acceptors (Lipinski definition) is 4. The summed E-state index contributed by atoms with van der Waals surface area (Å²) in [5.74, 6) is 0.493. The summed E-state index contributed by atoms with van der Waals surface area (Å²) >= 11 is 0. The number of nitrogens with one attached hydrogen (secondary N) is 2. The van der Waals surface area contributed by atoms with Crippen LogP contribution in [0, 0.1) is 19.8 Å². The van der Waals surface area contributed by atoms with Crippen LogP contribution in [-0.4, -0.2) is 33.6 Å². The van der Waals surface area contributed by atoms with Crippen molar-refractivity contribution in [3.8, 4) is 0 Å². The van der Waals surface area contributed by atoms with E-state index in [0.29, 0.717) is 17.1 Å². The van der Waals surface area contributed by atoms with Crippen molar-refractivity contribution in [3.63, 3.8) is 0 Å². The van der Waals surface area contributed by atoms with Crippen LogP contribution in [-0.2, 0) is 11.2 Å². The highest BCUT2D eigenvalue weighted by molar-refractivity contribution is 5.79. The van der Waals surface area contributed by atoms with Gasteiger partial charge in [0.1, 0.15) is 5.82 Å². The summed E-state index contributed by atoms with van der Waals surface area (Å²) in [6.45, 7) is 3.55. The van der Waals surface area contributed by atoms with Crippen molar-refractivity contribution in [2.24, 2.45) is 5.92 Å². The van der Waals surface area contributed by atoms with Crippen LogP contribution in [0.1, 0.15) is 42.8 Å². The average molecular weight is 293 g/mol. The third-order valence-electron chi connectivity index (χ3n) is 4.17. The Labute approximate surface area is 124 Å². The maximum Gasteiger partial charge on any atom is 0.254 e. The summed E-state index contributed by atoms with van der Waals surface area (Å²) < 4.78 is 0. The van der Waals surface area contributed by atoms with Crippen molar-refractivity contribution < 1.29 is 9.90 Å². The zero-order chi connectivity index (χ0) is 15.4. The van der Waals surface area contributed by atoms with Gasteiger partial charge in [-0.1, -0.05) is 12.8 Å². The van der Waals surface area contributed by atoms with Gasteiger partial charge in [0.2, 0.25) is 5.91 Å². The minimum absolute atomic E-state index is 0.00838. The lowest BCUT2D eigenvalue weighted by molar-refractivity contribution is -0.121. The number of nitrogens with zero attached hydrogens (tertiary/aromatic N) is 1. The molecule has 1 aromatic heterocycles. The van der Waals surface area contributed by atoms with Gasteiger partial charge in [-0.2, -0.15) is 0 Å². The Morgan fingerprint density at radius 3 is 2.76 bits per heavy atom. The fourth-order valence-electron chi connectivity index (χ4n) is 2.99. The summed E-state index contributed by atoms with van der Waals surface area (Å²) in [5.41, 5.74) is 0.751. The molecule has 2 rings (SSSR count). The molecule has 2 atom stereocenters. The molecule has 21 heavy (non-hydrogen) atoms. The van der Waals surface area contributed by atoms with Crippen molar-refractivity contribution in [2.75, 3.05) is 6.61 Å². The number of hydrogen-bond donors (Lipinski definition) is 3. The molecule has 0 aliphatic heterocycles. The number of carbonyl (C=O) groups excluding carboxylic acids is 1. The summed E-state index contributed by atoms with van der Waals surface area (Å²) in [5, 5.41) is 12.3. The monoisotopic (exact) mass is 293 g/mol. The Kier molecular flexibility index (Phi) is 5.12. The Bertz CT molecular complexity index is 568. The van der Waals surface area contributed by atoms with Crippen LogP contribution >= 0.6 is 0 Å². The molecule has 1 aromatic rings. The van der Waals surface area contributed by atoms with Gasteiger partial charge in [0.15, 0.2) is 0 Å². The second-order valence-corrected chi connectivity index (χ2v) is 5.79. The predicted molar refractivity (Wildman–Crippen MR) is 79.0 cm³/mol. The van der Waals surface area contributed by atoms with E-state index in [1.54, 1.807) is 13.8 Å². The molecule has 1 amide bonds. The first kappa shape index (κ1) is 15.7. The molecule has 2 unspecified atom stereocenters. The van der Waals surface area contributed by atoms with Crippen LogP contribution in [0.3, 0.4) is 0 Å². The quantitative estimate of drug-likeness (QED) is 0.757. The lowest BCUT2D eigenvalue weighted by Crippen LogP contribution is -2.44. The Hall–Kier alpha value is -1.69. The van der Waals surface area contributed by atoms with Gasteiger partial charge in [-0.05, 0) is 26.7 Å². The van der Waals surface area contributed by atoms with E-state index in [2.05, 4.69) is 15.3 Å². The van der Waals surface area contributed by atoms with Crippen molar-refractivity contribution in [1.82, 2.24) is 15.3 Å². The molecule has 1 saturated carbocycles. The van der Waals surface area contributed by atoms with Crippen molar-refractivity contribution in [1.29, 1.82) is 0 Å². The van der Waals surface area contributed by atoms with Gasteiger partial charge < -0.3 is 15.4 Å². The minimum atomic E-state index is -0.252. The summed E-state index contributed by atoms with van der Waals surface area (Å²) in [4.78, 5) is 30.9. The number of aliphatic hydroxyl groups excluding tert-OH is 1. The van der Waals surface area contributed by atoms with Crippen molar-refractivity contribution >= 4 is 5.91 Å². The topological polar surface area (TPSA) is 95.1 Å². The largest absolute Gasteiger partial charge is 0.396 e. The van der Waals surface area contributed by atoms with Crippen LogP contribution in [0.4, 0.5) is 0 Å². The van der Waals surface area contributed by atoms with E-state index in [1.165, 1.54) is 0 Å². The van der Waals surface area contributed by atoms with Gasteiger partial charge >= 0.3 is 0 Å². The van der Waals surface area contributed by atoms with Crippen LogP contribution in [0.15, 0.2) is 4.79 Å². The van der Waals surface area contributed by atoms with E-state index in [0.717, 1.165) is 25.7 Å². The number of aliphatic hydroxyl groups is 1. The van der Waals surface area contributed by atoms with Gasteiger partial charge in [0.05, 0.1) is 6.42 Å². The highest BCUT2D eigenvalue weighted by atomic mass is 16.3. The third-order valence-corrected chi connectivity index (χ3v) is 4.17. The van der Waals surface area contributed by atoms with Crippen LogP contribution in [0.25, 0.3) is 0 Å². The number of carbonyl (C=O) groups is 1. The van der Waals surface area contributed by atoms with Crippen molar-refractivity contribution in [2.45, 2.75) is 52.0 Å². The molecule has 0 radical (unpaired) electrons. The van der Waals surface area contributed by atoms with Gasteiger partial charge in [-0.3, -0.25) is 9.59 Å². The molecule has 6 nitrogen and oxygen atoms in total. The molecule has 1 aliphatic rings. The van der Waals surface area contributed by atoms with Crippen LogP contribution in [0.5, 0.6) is 0 Å². The third kappa shape index (κ3) is 3.91. The number of aryl methyl sites for hydroxylation is 2. The lowest BCUT2D eigenvalue weighted by Gasteiger charge is -2.30. The standard InChI is InChI=1S/C15H23N3O3/c1-9-12(15(21)17-10(2)16-9)7-14(20)18-13-6-4-3-5-11(13)8-19/h11,13,19H,3-8H2,1-2H3,(H,18,20)(H,16,17,21). The van der Waals surface area contributed by atoms with E-state index in [9.17, 15) is 14.7 Å². The van der Waals surface area contributed by atoms with Gasteiger partial charge in [0, 0.05) is 29.8 Å². The summed E-state index contributed by atoms with van der Waals surface area (Å²) in [6.07, 6.45) is 4.01. The van der Waals surface area contributed by atoms with Crippen LogP contribution in [0.2, 0.25) is 0 Å². The number of aromatic nitrogens is 2. The zero-order valence-corrected chi connectivity index (χ0v) is 12.6. The van der Waals surface area contributed by atoms with E-state index >= 15 is 0 Å². The zero-order valence-electron chi connectivity index (χ0n) is 12.6.